The van der Waals surface area contributed by atoms with Gasteiger partial charge in [-0.3, -0.25) is 4.79 Å². The summed E-state index contributed by atoms with van der Waals surface area (Å²) in [6, 6.07) is 0. The smallest absolute Gasteiger partial charge is 0.338 e. The maximum absolute atomic E-state index is 11.4. The molecule has 0 amide bonds. The molecule has 5 nitrogen and oxygen atoms in total. The Bertz CT molecular complexity index is 276. The number of carbonyl (C=O) groups excluding carboxylic acids is 2. The fraction of sp³-hybridized carbons (Fsp3) is 0.778. The average molecular weight is 237 g/mol. The molecule has 1 aliphatic heterocycles. The van der Waals surface area contributed by atoms with E-state index < -0.39 is 29.2 Å². The summed E-state index contributed by atoms with van der Waals surface area (Å²) in [6.07, 6.45) is -2.18. The molecule has 0 saturated carbocycles. The van der Waals surface area contributed by atoms with Crippen molar-refractivity contribution in [3.05, 3.63) is 0 Å². The maximum atomic E-state index is 11.4. The molecular formula is C9H13ClO5. The highest BCUT2D eigenvalue weighted by Gasteiger charge is 2.49. The topological polar surface area (TPSA) is 61.8 Å². The van der Waals surface area contributed by atoms with E-state index >= 15 is 0 Å². The van der Waals surface area contributed by atoms with Crippen LogP contribution in [-0.2, 0) is 23.8 Å². The van der Waals surface area contributed by atoms with E-state index in [1.54, 1.807) is 20.8 Å². The molecule has 0 radical (unpaired) electrons. The lowest BCUT2D eigenvalue weighted by Crippen LogP contribution is -2.36. The van der Waals surface area contributed by atoms with Crippen LogP contribution in [0, 0.1) is 0 Å². The van der Waals surface area contributed by atoms with Crippen molar-refractivity contribution in [1.82, 2.24) is 0 Å². The van der Waals surface area contributed by atoms with Crippen molar-refractivity contribution in [3.63, 3.8) is 0 Å². The summed E-state index contributed by atoms with van der Waals surface area (Å²) < 4.78 is 15.2. The summed E-state index contributed by atoms with van der Waals surface area (Å²) in [5, 5.41) is -0.765. The number of ether oxygens (including phenoxy) is 3. The van der Waals surface area contributed by atoms with Crippen LogP contribution in [0.25, 0.3) is 0 Å². The van der Waals surface area contributed by atoms with Crippen LogP contribution in [0.5, 0.6) is 0 Å². The van der Waals surface area contributed by atoms with Crippen LogP contribution in [0.15, 0.2) is 0 Å². The minimum Gasteiger partial charge on any atom is -0.464 e. The van der Waals surface area contributed by atoms with E-state index in [0.29, 0.717) is 0 Å². The van der Waals surface area contributed by atoms with Gasteiger partial charge in [0.2, 0.25) is 0 Å². The molecule has 0 aromatic rings. The maximum Gasteiger partial charge on any atom is 0.338 e. The molecule has 0 aliphatic carbocycles. The van der Waals surface area contributed by atoms with Gasteiger partial charge in [0.05, 0.1) is 6.61 Å². The Kier molecular flexibility index (Phi) is 3.70. The van der Waals surface area contributed by atoms with Gasteiger partial charge in [-0.15, -0.1) is 0 Å². The Morgan fingerprint density at radius 3 is 2.33 bits per heavy atom. The Labute approximate surface area is 92.6 Å². The third-order valence-electron chi connectivity index (χ3n) is 1.84. The normalized spacial score (nSPS) is 28.8. The molecule has 15 heavy (non-hydrogen) atoms. The molecule has 0 bridgehead atoms. The van der Waals surface area contributed by atoms with Gasteiger partial charge in [0, 0.05) is 0 Å². The quantitative estimate of drug-likeness (QED) is 0.537. The fourth-order valence-corrected chi connectivity index (χ4v) is 1.48. The Hall–Kier alpha value is -0.650. The van der Waals surface area contributed by atoms with E-state index in [9.17, 15) is 9.59 Å². The Balaban J connectivity index is 2.77. The first-order valence-electron chi connectivity index (χ1n) is 4.59. The summed E-state index contributed by atoms with van der Waals surface area (Å²) in [5.41, 5.74) is 0. The summed E-state index contributed by atoms with van der Waals surface area (Å²) in [7, 11) is 0. The van der Waals surface area contributed by atoms with Gasteiger partial charge < -0.3 is 14.2 Å². The van der Waals surface area contributed by atoms with Crippen LogP contribution in [0.3, 0.4) is 0 Å². The molecular weight excluding hydrogens is 224 g/mol. The van der Waals surface area contributed by atoms with Gasteiger partial charge in [-0.05, 0) is 32.4 Å². The van der Waals surface area contributed by atoms with Crippen LogP contribution < -0.4 is 0 Å². The van der Waals surface area contributed by atoms with Crippen molar-refractivity contribution in [2.45, 2.75) is 38.8 Å². The lowest BCUT2D eigenvalue weighted by molar-refractivity contribution is -0.170. The van der Waals surface area contributed by atoms with Crippen molar-refractivity contribution in [2.24, 2.45) is 0 Å². The van der Waals surface area contributed by atoms with Gasteiger partial charge in [-0.2, -0.15) is 0 Å². The van der Waals surface area contributed by atoms with Crippen molar-refractivity contribution >= 4 is 22.8 Å². The van der Waals surface area contributed by atoms with Crippen LogP contribution in [0.2, 0.25) is 0 Å². The number of halogens is 1. The van der Waals surface area contributed by atoms with E-state index in [4.69, 9.17) is 25.8 Å². The lowest BCUT2D eigenvalue weighted by Gasteiger charge is -2.15. The Morgan fingerprint density at radius 1 is 1.33 bits per heavy atom. The first-order chi connectivity index (χ1) is 6.87. The van der Waals surface area contributed by atoms with Gasteiger partial charge in [-0.1, -0.05) is 0 Å². The molecule has 0 N–H and O–H groups in total. The predicted octanol–water partition coefficient (Wildman–Crippen LogP) is 0.835. The third-order valence-corrected chi connectivity index (χ3v) is 2.05. The number of hydrogen-bond acceptors (Lipinski definition) is 5. The van der Waals surface area contributed by atoms with Crippen molar-refractivity contribution in [3.8, 4) is 0 Å². The van der Waals surface area contributed by atoms with E-state index in [1.807, 2.05) is 0 Å². The van der Waals surface area contributed by atoms with Gasteiger partial charge in [-0.25, -0.2) is 4.79 Å². The summed E-state index contributed by atoms with van der Waals surface area (Å²) in [5.74, 6) is -1.64. The second-order valence-electron chi connectivity index (χ2n) is 3.53. The average Bonchev–Trinajstić information content (AvgIpc) is 2.42. The first kappa shape index (κ1) is 12.4. The largest absolute Gasteiger partial charge is 0.464 e. The van der Waals surface area contributed by atoms with E-state index in [0.717, 1.165) is 0 Å². The van der Waals surface area contributed by atoms with Crippen molar-refractivity contribution in [1.29, 1.82) is 0 Å². The van der Waals surface area contributed by atoms with Crippen LogP contribution in [0.1, 0.15) is 20.8 Å². The van der Waals surface area contributed by atoms with Gasteiger partial charge in [0.25, 0.3) is 5.24 Å². The van der Waals surface area contributed by atoms with Crippen LogP contribution in [0.4, 0.5) is 0 Å². The van der Waals surface area contributed by atoms with Crippen LogP contribution >= 0.6 is 11.6 Å². The zero-order chi connectivity index (χ0) is 11.6. The molecule has 1 aliphatic rings. The van der Waals surface area contributed by atoms with Gasteiger partial charge in [0.1, 0.15) is 0 Å². The Morgan fingerprint density at radius 2 is 1.87 bits per heavy atom. The second-order valence-corrected chi connectivity index (χ2v) is 3.91. The molecule has 1 fully saturated rings. The molecule has 0 aromatic heterocycles. The van der Waals surface area contributed by atoms with E-state index in [2.05, 4.69) is 0 Å². The summed E-state index contributed by atoms with van der Waals surface area (Å²) >= 11 is 5.30. The molecule has 1 saturated heterocycles. The first-order valence-corrected chi connectivity index (χ1v) is 4.97. The fourth-order valence-electron chi connectivity index (χ4n) is 1.32. The highest BCUT2D eigenvalue weighted by Crippen LogP contribution is 2.30. The van der Waals surface area contributed by atoms with Crippen LogP contribution in [-0.4, -0.2) is 35.8 Å². The minimum atomic E-state index is -1.10. The van der Waals surface area contributed by atoms with Crippen molar-refractivity contribution in [2.75, 3.05) is 6.61 Å². The minimum absolute atomic E-state index is 0.211. The highest BCUT2D eigenvalue weighted by molar-refractivity contribution is 6.64. The molecule has 1 rings (SSSR count). The van der Waals surface area contributed by atoms with E-state index in [1.165, 1.54) is 0 Å². The molecule has 0 aromatic carbocycles. The predicted molar refractivity (Wildman–Crippen MR) is 51.3 cm³/mol. The highest BCUT2D eigenvalue weighted by atomic mass is 35.5. The summed E-state index contributed by atoms with van der Waals surface area (Å²) in [4.78, 5) is 22.4. The number of rotatable bonds is 3. The second kappa shape index (κ2) is 4.47. The molecule has 86 valence electrons. The van der Waals surface area contributed by atoms with Crippen molar-refractivity contribution < 1.29 is 23.8 Å². The van der Waals surface area contributed by atoms with Gasteiger partial charge >= 0.3 is 5.97 Å². The SMILES string of the molecule is CCOC(=O)[C@@H]1OC(C)(C)O[C@H]1C(=O)Cl. The molecule has 0 unspecified atom stereocenters. The third kappa shape index (κ3) is 2.90. The zero-order valence-corrected chi connectivity index (χ0v) is 9.54. The van der Waals surface area contributed by atoms with Gasteiger partial charge in [0.15, 0.2) is 18.0 Å². The zero-order valence-electron chi connectivity index (χ0n) is 8.78. The summed E-state index contributed by atoms with van der Waals surface area (Å²) in [6.45, 7) is 5.07. The molecule has 6 heteroatoms. The van der Waals surface area contributed by atoms with E-state index in [-0.39, 0.29) is 6.61 Å². The lowest BCUT2D eigenvalue weighted by atomic mass is 10.2. The number of carbonyl (C=O) groups is 2. The number of hydrogen-bond donors (Lipinski definition) is 0. The molecule has 0 spiro atoms. The number of esters is 1. The molecule has 1 heterocycles. The standard InChI is InChI=1S/C9H13ClO5/c1-4-13-8(12)6-5(7(10)11)14-9(2,3)15-6/h5-6H,4H2,1-3H3/t5-,6-/m1/s1. The molecule has 2 atom stereocenters. The monoisotopic (exact) mass is 236 g/mol.